The molecule has 2 aromatic rings. The van der Waals surface area contributed by atoms with Gasteiger partial charge in [0.2, 0.25) is 0 Å². The van der Waals surface area contributed by atoms with Crippen LogP contribution in [0, 0.1) is 0 Å². The molecule has 0 amide bonds. The fourth-order valence-electron chi connectivity index (χ4n) is 2.97. The summed E-state index contributed by atoms with van der Waals surface area (Å²) >= 11 is 0. The van der Waals surface area contributed by atoms with Crippen LogP contribution in [0.1, 0.15) is 16.7 Å². The molecule has 1 heterocycles. The molecule has 1 aliphatic rings. The van der Waals surface area contributed by atoms with Gasteiger partial charge in [0, 0.05) is 19.6 Å². The van der Waals surface area contributed by atoms with E-state index in [9.17, 15) is 5.11 Å². The van der Waals surface area contributed by atoms with Crippen molar-refractivity contribution in [3.05, 3.63) is 53.1 Å². The van der Waals surface area contributed by atoms with Crippen molar-refractivity contribution in [2.24, 2.45) is 0 Å². The monoisotopic (exact) mass is 299 g/mol. The molecule has 0 spiro atoms. The molecule has 1 N–H and O–H groups in total. The summed E-state index contributed by atoms with van der Waals surface area (Å²) < 4.78 is 10.6. The lowest BCUT2D eigenvalue weighted by atomic mass is 9.99. The zero-order valence-electron chi connectivity index (χ0n) is 13.0. The first-order valence-electron chi connectivity index (χ1n) is 7.43. The summed E-state index contributed by atoms with van der Waals surface area (Å²) in [7, 11) is 3.31. The minimum Gasteiger partial charge on any atom is -0.508 e. The third-order valence-corrected chi connectivity index (χ3v) is 4.14. The lowest BCUT2D eigenvalue weighted by molar-refractivity contribution is 0.244. The molecule has 1 aliphatic heterocycles. The second-order valence-electron chi connectivity index (χ2n) is 5.60. The average molecular weight is 299 g/mol. The molecule has 22 heavy (non-hydrogen) atoms. The molecule has 0 aromatic heterocycles. The summed E-state index contributed by atoms with van der Waals surface area (Å²) in [6.45, 7) is 2.77. The number of methoxy groups -OCH3 is 2. The Morgan fingerprint density at radius 1 is 1.00 bits per heavy atom. The predicted molar refractivity (Wildman–Crippen MR) is 85.5 cm³/mol. The Kier molecular flexibility index (Phi) is 4.20. The van der Waals surface area contributed by atoms with Gasteiger partial charge in [-0.1, -0.05) is 12.1 Å². The molecule has 4 nitrogen and oxygen atoms in total. The van der Waals surface area contributed by atoms with Gasteiger partial charge in [-0.3, -0.25) is 4.90 Å². The molecular weight excluding hydrogens is 278 g/mol. The van der Waals surface area contributed by atoms with E-state index >= 15 is 0 Å². The Balaban J connectivity index is 1.73. The molecule has 0 unspecified atom stereocenters. The van der Waals surface area contributed by atoms with Gasteiger partial charge in [0.1, 0.15) is 5.75 Å². The second-order valence-corrected chi connectivity index (χ2v) is 5.60. The number of nitrogens with zero attached hydrogens (tertiary/aromatic N) is 1. The van der Waals surface area contributed by atoms with Crippen molar-refractivity contribution in [3.8, 4) is 17.2 Å². The van der Waals surface area contributed by atoms with Crippen molar-refractivity contribution in [1.82, 2.24) is 4.90 Å². The topological polar surface area (TPSA) is 41.9 Å². The van der Waals surface area contributed by atoms with Gasteiger partial charge in [-0.15, -0.1) is 0 Å². The molecule has 4 heteroatoms. The molecule has 3 rings (SSSR count). The molecule has 116 valence electrons. The zero-order chi connectivity index (χ0) is 15.5. The smallest absolute Gasteiger partial charge is 0.161 e. The van der Waals surface area contributed by atoms with Gasteiger partial charge in [-0.25, -0.2) is 0 Å². The highest BCUT2D eigenvalue weighted by molar-refractivity contribution is 5.43. The van der Waals surface area contributed by atoms with Crippen LogP contribution in [0.5, 0.6) is 17.2 Å². The molecule has 0 saturated carbocycles. The van der Waals surface area contributed by atoms with E-state index < -0.39 is 0 Å². The van der Waals surface area contributed by atoms with Crippen LogP contribution >= 0.6 is 0 Å². The maximum atomic E-state index is 9.56. The maximum Gasteiger partial charge on any atom is 0.161 e. The van der Waals surface area contributed by atoms with E-state index in [4.69, 9.17) is 9.47 Å². The highest BCUT2D eigenvalue weighted by atomic mass is 16.5. The number of hydrogen-bond acceptors (Lipinski definition) is 4. The van der Waals surface area contributed by atoms with E-state index in [0.29, 0.717) is 5.75 Å². The van der Waals surface area contributed by atoms with Crippen molar-refractivity contribution >= 4 is 0 Å². The number of benzene rings is 2. The van der Waals surface area contributed by atoms with Crippen LogP contribution in [0.2, 0.25) is 0 Å². The van der Waals surface area contributed by atoms with Gasteiger partial charge in [0.15, 0.2) is 11.5 Å². The molecule has 0 bridgehead atoms. The fourth-order valence-corrected chi connectivity index (χ4v) is 2.97. The predicted octanol–water partition coefficient (Wildman–Crippen LogP) is 2.97. The summed E-state index contributed by atoms with van der Waals surface area (Å²) in [5.41, 5.74) is 3.76. The summed E-state index contributed by atoms with van der Waals surface area (Å²) in [6, 6.07) is 11.7. The Morgan fingerprint density at radius 3 is 2.59 bits per heavy atom. The van der Waals surface area contributed by atoms with Crippen molar-refractivity contribution in [2.45, 2.75) is 19.5 Å². The summed E-state index contributed by atoms with van der Waals surface area (Å²) in [4.78, 5) is 2.40. The molecule has 0 atom stereocenters. The molecule has 0 fully saturated rings. The van der Waals surface area contributed by atoms with Crippen LogP contribution in [0.25, 0.3) is 0 Å². The van der Waals surface area contributed by atoms with E-state index in [1.165, 1.54) is 16.7 Å². The number of aromatic hydroxyl groups is 1. The minimum absolute atomic E-state index is 0.354. The highest BCUT2D eigenvalue weighted by Crippen LogP contribution is 2.29. The van der Waals surface area contributed by atoms with Crippen LogP contribution in [-0.4, -0.2) is 30.8 Å². The zero-order valence-corrected chi connectivity index (χ0v) is 13.0. The summed E-state index contributed by atoms with van der Waals surface area (Å²) in [5.74, 6) is 1.88. The quantitative estimate of drug-likeness (QED) is 0.942. The Bertz CT molecular complexity index is 669. The van der Waals surface area contributed by atoms with E-state index in [0.717, 1.165) is 37.6 Å². The van der Waals surface area contributed by atoms with Gasteiger partial charge in [0.25, 0.3) is 0 Å². The maximum absolute atomic E-state index is 9.56. The summed E-state index contributed by atoms with van der Waals surface area (Å²) in [5, 5.41) is 9.56. The second kappa shape index (κ2) is 6.28. The first kappa shape index (κ1) is 14.7. The Labute approximate surface area is 130 Å². The Hall–Kier alpha value is -2.20. The average Bonchev–Trinajstić information content (AvgIpc) is 2.55. The first-order chi connectivity index (χ1) is 10.7. The van der Waals surface area contributed by atoms with Crippen LogP contribution in [0.4, 0.5) is 0 Å². The molecule has 0 radical (unpaired) electrons. The number of phenols is 1. The largest absolute Gasteiger partial charge is 0.508 e. The third kappa shape index (κ3) is 3.02. The van der Waals surface area contributed by atoms with Crippen LogP contribution in [0.3, 0.4) is 0 Å². The van der Waals surface area contributed by atoms with Gasteiger partial charge in [0.05, 0.1) is 14.2 Å². The Morgan fingerprint density at radius 2 is 1.82 bits per heavy atom. The fraction of sp³-hybridized carbons (Fsp3) is 0.333. The van der Waals surface area contributed by atoms with E-state index in [-0.39, 0.29) is 0 Å². The van der Waals surface area contributed by atoms with Gasteiger partial charge >= 0.3 is 0 Å². The number of fused-ring (bicyclic) bond motifs is 1. The van der Waals surface area contributed by atoms with Gasteiger partial charge in [-0.05, 0) is 47.4 Å². The normalized spacial score (nSPS) is 14.5. The number of phenolic OH excluding ortho intramolecular Hbond substituents is 1. The standard InChI is InChI=1S/C18H21NO3/c1-21-17-6-3-13(9-18(17)22-2)11-19-8-7-14-10-16(20)5-4-15(14)12-19/h3-6,9-10,20H,7-8,11-12H2,1-2H3. The lowest BCUT2D eigenvalue weighted by Gasteiger charge is -2.29. The van der Waals surface area contributed by atoms with Crippen molar-refractivity contribution in [3.63, 3.8) is 0 Å². The van der Waals surface area contributed by atoms with Crippen molar-refractivity contribution in [1.29, 1.82) is 0 Å². The number of ether oxygens (including phenoxy) is 2. The molecule has 0 aliphatic carbocycles. The van der Waals surface area contributed by atoms with E-state index in [1.807, 2.05) is 24.3 Å². The van der Waals surface area contributed by atoms with E-state index in [1.54, 1.807) is 20.3 Å². The number of rotatable bonds is 4. The van der Waals surface area contributed by atoms with Gasteiger partial charge in [-0.2, -0.15) is 0 Å². The first-order valence-corrected chi connectivity index (χ1v) is 7.43. The van der Waals surface area contributed by atoms with Gasteiger partial charge < -0.3 is 14.6 Å². The molecule has 2 aromatic carbocycles. The third-order valence-electron chi connectivity index (χ3n) is 4.14. The molecular formula is C18H21NO3. The van der Waals surface area contributed by atoms with Crippen LogP contribution in [-0.2, 0) is 19.5 Å². The number of hydrogen-bond donors (Lipinski definition) is 1. The molecule has 0 saturated heterocycles. The highest BCUT2D eigenvalue weighted by Gasteiger charge is 2.17. The lowest BCUT2D eigenvalue weighted by Crippen LogP contribution is -2.29. The van der Waals surface area contributed by atoms with E-state index in [2.05, 4.69) is 11.0 Å². The van der Waals surface area contributed by atoms with Crippen LogP contribution in [0.15, 0.2) is 36.4 Å². The SMILES string of the molecule is COc1ccc(CN2CCc3cc(O)ccc3C2)cc1OC. The van der Waals surface area contributed by atoms with Crippen LogP contribution < -0.4 is 9.47 Å². The summed E-state index contributed by atoms with van der Waals surface area (Å²) in [6.07, 6.45) is 0.969. The van der Waals surface area contributed by atoms with Crippen molar-refractivity contribution < 1.29 is 14.6 Å². The minimum atomic E-state index is 0.354. The van der Waals surface area contributed by atoms with Crippen molar-refractivity contribution in [2.75, 3.05) is 20.8 Å².